The normalized spacial score (nSPS) is 19.1. The topological polar surface area (TPSA) is 32.3 Å². The Morgan fingerprint density at radius 3 is 3.00 bits per heavy atom. The van der Waals surface area contributed by atoms with Crippen molar-refractivity contribution in [1.29, 1.82) is 0 Å². The standard InChI is InChI=1S/C15H21ClN2O/c1-4-18(3)15(19)10(2)17-14-8-5-11-9-12(16)6-7-13(11)14/h6-7,9-10,14,17H,4-5,8H2,1-3H3. The lowest BCUT2D eigenvalue weighted by atomic mass is 10.1. The molecule has 2 atom stereocenters. The molecule has 1 aromatic rings. The lowest BCUT2D eigenvalue weighted by Crippen LogP contribution is -2.44. The highest BCUT2D eigenvalue weighted by Gasteiger charge is 2.26. The maximum absolute atomic E-state index is 12.1. The fourth-order valence-electron chi connectivity index (χ4n) is 2.62. The molecule has 0 spiro atoms. The Kier molecular flexibility index (Phi) is 4.48. The van der Waals surface area contributed by atoms with Gasteiger partial charge in [0, 0.05) is 24.7 Å². The van der Waals surface area contributed by atoms with Gasteiger partial charge in [0.15, 0.2) is 0 Å². The van der Waals surface area contributed by atoms with Crippen LogP contribution in [0, 0.1) is 0 Å². The number of benzene rings is 1. The molecule has 104 valence electrons. The summed E-state index contributed by atoms with van der Waals surface area (Å²) in [5.74, 6) is 0.143. The molecule has 0 aromatic heterocycles. The minimum atomic E-state index is -0.156. The summed E-state index contributed by atoms with van der Waals surface area (Å²) in [5.41, 5.74) is 2.58. The Morgan fingerprint density at radius 2 is 2.32 bits per heavy atom. The third kappa shape index (κ3) is 3.10. The van der Waals surface area contributed by atoms with Crippen molar-refractivity contribution in [3.05, 3.63) is 34.3 Å². The van der Waals surface area contributed by atoms with Crippen LogP contribution in [0.2, 0.25) is 5.02 Å². The van der Waals surface area contributed by atoms with E-state index in [1.165, 1.54) is 11.1 Å². The molecule has 0 fully saturated rings. The third-order valence-corrected chi connectivity index (χ3v) is 4.09. The van der Waals surface area contributed by atoms with Crippen LogP contribution in [-0.4, -0.2) is 30.4 Å². The number of hydrogen-bond acceptors (Lipinski definition) is 2. The fraction of sp³-hybridized carbons (Fsp3) is 0.533. The molecule has 19 heavy (non-hydrogen) atoms. The highest BCUT2D eigenvalue weighted by molar-refractivity contribution is 6.30. The number of hydrogen-bond donors (Lipinski definition) is 1. The van der Waals surface area contributed by atoms with E-state index in [1.54, 1.807) is 4.90 Å². The molecule has 0 aliphatic heterocycles. The molecule has 3 nitrogen and oxygen atoms in total. The van der Waals surface area contributed by atoms with Crippen LogP contribution in [0.15, 0.2) is 18.2 Å². The van der Waals surface area contributed by atoms with E-state index in [2.05, 4.69) is 11.4 Å². The molecule has 1 N–H and O–H groups in total. The molecule has 1 amide bonds. The van der Waals surface area contributed by atoms with Gasteiger partial charge in [-0.05, 0) is 49.9 Å². The second-order valence-corrected chi connectivity index (χ2v) is 5.61. The Morgan fingerprint density at radius 1 is 1.58 bits per heavy atom. The first kappa shape index (κ1) is 14.4. The summed E-state index contributed by atoms with van der Waals surface area (Å²) in [6.07, 6.45) is 2.06. The van der Waals surface area contributed by atoms with E-state index < -0.39 is 0 Å². The number of aryl methyl sites for hydroxylation is 1. The number of nitrogens with zero attached hydrogens (tertiary/aromatic N) is 1. The molecule has 2 unspecified atom stereocenters. The van der Waals surface area contributed by atoms with E-state index >= 15 is 0 Å². The lowest BCUT2D eigenvalue weighted by Gasteiger charge is -2.24. The molecule has 0 bridgehead atoms. The third-order valence-electron chi connectivity index (χ3n) is 3.85. The number of rotatable bonds is 4. The quantitative estimate of drug-likeness (QED) is 0.920. The predicted molar refractivity (Wildman–Crippen MR) is 78.4 cm³/mol. The highest BCUT2D eigenvalue weighted by atomic mass is 35.5. The second-order valence-electron chi connectivity index (χ2n) is 5.18. The maximum Gasteiger partial charge on any atom is 0.239 e. The van der Waals surface area contributed by atoms with Gasteiger partial charge >= 0.3 is 0 Å². The monoisotopic (exact) mass is 280 g/mol. The number of halogens is 1. The van der Waals surface area contributed by atoms with Gasteiger partial charge in [0.1, 0.15) is 0 Å². The summed E-state index contributed by atoms with van der Waals surface area (Å²) in [5, 5.41) is 4.22. The largest absolute Gasteiger partial charge is 0.345 e. The van der Waals surface area contributed by atoms with Crippen molar-refractivity contribution in [2.45, 2.75) is 38.8 Å². The highest BCUT2D eigenvalue weighted by Crippen LogP contribution is 2.33. The van der Waals surface area contributed by atoms with E-state index in [0.717, 1.165) is 24.4 Å². The fourth-order valence-corrected chi connectivity index (χ4v) is 2.81. The first-order chi connectivity index (χ1) is 9.02. The molecule has 4 heteroatoms. The molecule has 0 saturated carbocycles. The number of fused-ring (bicyclic) bond motifs is 1. The Labute approximate surface area is 119 Å². The van der Waals surface area contributed by atoms with Gasteiger partial charge in [0.25, 0.3) is 0 Å². The van der Waals surface area contributed by atoms with Crippen molar-refractivity contribution in [2.75, 3.05) is 13.6 Å². The lowest BCUT2D eigenvalue weighted by molar-refractivity contribution is -0.131. The molecular weight excluding hydrogens is 260 g/mol. The first-order valence-electron chi connectivity index (χ1n) is 6.82. The van der Waals surface area contributed by atoms with Gasteiger partial charge in [0.05, 0.1) is 6.04 Å². The van der Waals surface area contributed by atoms with Crippen LogP contribution >= 0.6 is 11.6 Å². The molecule has 2 rings (SSSR count). The van der Waals surface area contributed by atoms with Crippen LogP contribution in [0.5, 0.6) is 0 Å². The van der Waals surface area contributed by atoms with Crippen molar-refractivity contribution < 1.29 is 4.79 Å². The minimum Gasteiger partial charge on any atom is -0.345 e. The molecule has 1 aliphatic rings. The molecule has 1 aromatic carbocycles. The first-order valence-corrected chi connectivity index (χ1v) is 7.20. The SMILES string of the molecule is CCN(C)C(=O)C(C)NC1CCc2cc(Cl)ccc21. The number of nitrogens with one attached hydrogen (secondary N) is 1. The van der Waals surface area contributed by atoms with E-state index in [-0.39, 0.29) is 18.0 Å². The number of carbonyl (C=O) groups excluding carboxylic acids is 1. The van der Waals surface area contributed by atoms with Crippen LogP contribution in [0.25, 0.3) is 0 Å². The minimum absolute atomic E-state index is 0.143. The van der Waals surface area contributed by atoms with Gasteiger partial charge in [0.2, 0.25) is 5.91 Å². The van der Waals surface area contributed by atoms with Crippen LogP contribution in [0.4, 0.5) is 0 Å². The number of likely N-dealkylation sites (N-methyl/N-ethyl adjacent to an activating group) is 1. The van der Waals surface area contributed by atoms with Crippen molar-refractivity contribution in [2.24, 2.45) is 0 Å². The molecule has 0 heterocycles. The van der Waals surface area contributed by atoms with Crippen LogP contribution in [-0.2, 0) is 11.2 Å². The van der Waals surface area contributed by atoms with Gasteiger partial charge in [-0.2, -0.15) is 0 Å². The summed E-state index contributed by atoms with van der Waals surface area (Å²) >= 11 is 6.01. The van der Waals surface area contributed by atoms with Gasteiger partial charge in [-0.25, -0.2) is 0 Å². The zero-order valence-electron chi connectivity index (χ0n) is 11.7. The van der Waals surface area contributed by atoms with Gasteiger partial charge in [-0.3, -0.25) is 10.1 Å². The molecule has 0 saturated heterocycles. The van der Waals surface area contributed by atoms with Crippen molar-refractivity contribution in [3.63, 3.8) is 0 Å². The van der Waals surface area contributed by atoms with Crippen molar-refractivity contribution in [1.82, 2.24) is 10.2 Å². The van der Waals surface area contributed by atoms with Crippen LogP contribution in [0.3, 0.4) is 0 Å². The predicted octanol–water partition coefficient (Wildman–Crippen LogP) is 2.78. The smallest absolute Gasteiger partial charge is 0.239 e. The van der Waals surface area contributed by atoms with E-state index in [1.807, 2.05) is 33.0 Å². The van der Waals surface area contributed by atoms with Gasteiger partial charge in [-0.1, -0.05) is 17.7 Å². The summed E-state index contributed by atoms with van der Waals surface area (Å²) in [4.78, 5) is 13.8. The Bertz CT molecular complexity index is 475. The van der Waals surface area contributed by atoms with Crippen molar-refractivity contribution in [3.8, 4) is 0 Å². The zero-order valence-corrected chi connectivity index (χ0v) is 12.5. The van der Waals surface area contributed by atoms with Crippen LogP contribution < -0.4 is 5.32 Å². The summed E-state index contributed by atoms with van der Waals surface area (Å²) in [6, 6.07) is 6.13. The number of amides is 1. The molecule has 1 aliphatic carbocycles. The number of carbonyl (C=O) groups is 1. The average molecular weight is 281 g/mol. The Hall–Kier alpha value is -1.06. The van der Waals surface area contributed by atoms with Crippen LogP contribution in [0.1, 0.15) is 37.4 Å². The average Bonchev–Trinajstić information content (AvgIpc) is 2.79. The van der Waals surface area contributed by atoms with Gasteiger partial charge < -0.3 is 4.90 Å². The maximum atomic E-state index is 12.1. The van der Waals surface area contributed by atoms with Crippen molar-refractivity contribution >= 4 is 17.5 Å². The second kappa shape index (κ2) is 5.93. The summed E-state index contributed by atoms with van der Waals surface area (Å²) in [7, 11) is 1.84. The molecular formula is C15H21ClN2O. The van der Waals surface area contributed by atoms with E-state index in [4.69, 9.17) is 11.6 Å². The van der Waals surface area contributed by atoms with Gasteiger partial charge in [-0.15, -0.1) is 0 Å². The van der Waals surface area contributed by atoms with E-state index in [9.17, 15) is 4.79 Å². The molecule has 0 radical (unpaired) electrons. The summed E-state index contributed by atoms with van der Waals surface area (Å²) < 4.78 is 0. The zero-order chi connectivity index (χ0) is 14.0. The summed E-state index contributed by atoms with van der Waals surface area (Å²) in [6.45, 7) is 4.65. The Balaban J connectivity index is 2.05. The van der Waals surface area contributed by atoms with E-state index in [0.29, 0.717) is 0 Å².